The first-order chi connectivity index (χ1) is 8.17. The fourth-order valence-electron chi connectivity index (χ4n) is 2.89. The molecule has 2 N–H and O–H groups in total. The highest BCUT2D eigenvalue weighted by atomic mass is 16.5. The van der Waals surface area contributed by atoms with Crippen LogP contribution in [-0.4, -0.2) is 6.61 Å². The number of rotatable bonds is 4. The Morgan fingerprint density at radius 2 is 1.94 bits per heavy atom. The standard InChI is InChI=1S/C15H23NO/c1-3-17-13-9-5-4-8-12(13)14(16)15(2)10-6-7-11-15/h4-5,8-9,14H,3,6-7,10-11,16H2,1-2H3. The fraction of sp³-hybridized carbons (Fsp3) is 0.600. The summed E-state index contributed by atoms with van der Waals surface area (Å²) >= 11 is 0. The summed E-state index contributed by atoms with van der Waals surface area (Å²) in [5.74, 6) is 0.954. The molecular formula is C15H23NO. The fourth-order valence-corrected chi connectivity index (χ4v) is 2.89. The summed E-state index contributed by atoms with van der Waals surface area (Å²) in [6.07, 6.45) is 5.07. The minimum Gasteiger partial charge on any atom is -0.494 e. The number of hydrogen-bond donors (Lipinski definition) is 1. The molecule has 1 atom stereocenters. The van der Waals surface area contributed by atoms with E-state index in [-0.39, 0.29) is 11.5 Å². The second-order valence-electron chi connectivity index (χ2n) is 5.31. The van der Waals surface area contributed by atoms with Crippen molar-refractivity contribution in [2.45, 2.75) is 45.6 Å². The first-order valence-corrected chi connectivity index (χ1v) is 6.65. The number of benzene rings is 1. The van der Waals surface area contributed by atoms with Crippen molar-refractivity contribution in [2.24, 2.45) is 11.1 Å². The highest BCUT2D eigenvalue weighted by molar-refractivity contribution is 5.37. The van der Waals surface area contributed by atoms with Crippen LogP contribution in [0.25, 0.3) is 0 Å². The molecule has 1 aliphatic rings. The zero-order valence-corrected chi connectivity index (χ0v) is 10.9. The van der Waals surface area contributed by atoms with Crippen LogP contribution in [-0.2, 0) is 0 Å². The molecule has 17 heavy (non-hydrogen) atoms. The van der Waals surface area contributed by atoms with Gasteiger partial charge >= 0.3 is 0 Å². The molecule has 1 aliphatic carbocycles. The lowest BCUT2D eigenvalue weighted by molar-refractivity contribution is 0.254. The average molecular weight is 233 g/mol. The van der Waals surface area contributed by atoms with E-state index in [4.69, 9.17) is 10.5 Å². The molecule has 1 unspecified atom stereocenters. The second-order valence-corrected chi connectivity index (χ2v) is 5.31. The van der Waals surface area contributed by atoms with E-state index in [1.54, 1.807) is 0 Å². The summed E-state index contributed by atoms with van der Waals surface area (Å²) in [4.78, 5) is 0. The quantitative estimate of drug-likeness (QED) is 0.861. The summed E-state index contributed by atoms with van der Waals surface area (Å²) in [5, 5.41) is 0. The van der Waals surface area contributed by atoms with Gasteiger partial charge in [-0.15, -0.1) is 0 Å². The monoisotopic (exact) mass is 233 g/mol. The molecule has 0 saturated heterocycles. The van der Waals surface area contributed by atoms with Crippen molar-refractivity contribution >= 4 is 0 Å². The van der Waals surface area contributed by atoms with Gasteiger partial charge in [-0.25, -0.2) is 0 Å². The minimum absolute atomic E-state index is 0.0905. The van der Waals surface area contributed by atoms with Crippen molar-refractivity contribution in [3.63, 3.8) is 0 Å². The number of hydrogen-bond acceptors (Lipinski definition) is 2. The van der Waals surface area contributed by atoms with Crippen molar-refractivity contribution in [3.8, 4) is 5.75 Å². The molecule has 94 valence electrons. The predicted molar refractivity (Wildman–Crippen MR) is 71.1 cm³/mol. The largest absolute Gasteiger partial charge is 0.494 e. The average Bonchev–Trinajstić information content (AvgIpc) is 2.78. The van der Waals surface area contributed by atoms with Crippen LogP contribution in [0.3, 0.4) is 0 Å². The van der Waals surface area contributed by atoms with Gasteiger partial charge in [-0.2, -0.15) is 0 Å². The van der Waals surface area contributed by atoms with Gasteiger partial charge in [0.2, 0.25) is 0 Å². The SMILES string of the molecule is CCOc1ccccc1C(N)C1(C)CCCC1. The Labute approximate surface area is 104 Å². The molecule has 2 nitrogen and oxygen atoms in total. The van der Waals surface area contributed by atoms with E-state index in [1.807, 2.05) is 19.1 Å². The molecule has 0 spiro atoms. The Hall–Kier alpha value is -1.02. The van der Waals surface area contributed by atoms with E-state index in [0.29, 0.717) is 6.61 Å². The Morgan fingerprint density at radius 3 is 2.59 bits per heavy atom. The van der Waals surface area contributed by atoms with Gasteiger partial charge < -0.3 is 10.5 Å². The summed E-state index contributed by atoms with van der Waals surface area (Å²) in [7, 11) is 0. The maximum absolute atomic E-state index is 6.49. The minimum atomic E-state index is 0.0905. The maximum Gasteiger partial charge on any atom is 0.124 e. The van der Waals surface area contributed by atoms with E-state index < -0.39 is 0 Å². The van der Waals surface area contributed by atoms with Crippen LogP contribution in [0.2, 0.25) is 0 Å². The summed E-state index contributed by atoms with van der Waals surface area (Å²) < 4.78 is 5.68. The third-order valence-corrected chi connectivity index (χ3v) is 4.05. The summed E-state index contributed by atoms with van der Waals surface area (Å²) in [5.41, 5.74) is 7.89. The van der Waals surface area contributed by atoms with E-state index in [9.17, 15) is 0 Å². The van der Waals surface area contributed by atoms with Crippen LogP contribution in [0.4, 0.5) is 0 Å². The first kappa shape index (κ1) is 12.4. The lowest BCUT2D eigenvalue weighted by Crippen LogP contribution is -2.29. The Balaban J connectivity index is 2.26. The third-order valence-electron chi connectivity index (χ3n) is 4.05. The molecule has 0 radical (unpaired) electrons. The Bertz CT molecular complexity index is 369. The lowest BCUT2D eigenvalue weighted by Gasteiger charge is -2.32. The zero-order chi connectivity index (χ0) is 12.3. The molecule has 0 amide bonds. The van der Waals surface area contributed by atoms with Gasteiger partial charge in [-0.1, -0.05) is 38.0 Å². The summed E-state index contributed by atoms with van der Waals surface area (Å²) in [6.45, 7) is 5.02. The molecule has 0 heterocycles. The van der Waals surface area contributed by atoms with Crippen LogP contribution in [0.5, 0.6) is 5.75 Å². The molecule has 0 aliphatic heterocycles. The van der Waals surface area contributed by atoms with Gasteiger partial charge in [0, 0.05) is 11.6 Å². The van der Waals surface area contributed by atoms with E-state index in [2.05, 4.69) is 19.1 Å². The highest BCUT2D eigenvalue weighted by Crippen LogP contribution is 2.47. The molecule has 1 saturated carbocycles. The number of nitrogens with two attached hydrogens (primary N) is 1. The van der Waals surface area contributed by atoms with Crippen LogP contribution in [0, 0.1) is 5.41 Å². The normalized spacial score (nSPS) is 20.2. The molecule has 0 aromatic heterocycles. The van der Waals surface area contributed by atoms with Gasteiger partial charge in [0.15, 0.2) is 0 Å². The number of para-hydroxylation sites is 1. The van der Waals surface area contributed by atoms with Crippen LogP contribution < -0.4 is 10.5 Å². The molecule has 1 fully saturated rings. The molecule has 1 aromatic rings. The Morgan fingerprint density at radius 1 is 1.29 bits per heavy atom. The van der Waals surface area contributed by atoms with Gasteiger partial charge in [-0.05, 0) is 31.2 Å². The highest BCUT2D eigenvalue weighted by Gasteiger charge is 2.36. The second kappa shape index (κ2) is 5.09. The Kier molecular flexibility index (Phi) is 3.72. The maximum atomic E-state index is 6.49. The number of ether oxygens (including phenoxy) is 1. The van der Waals surface area contributed by atoms with Crippen molar-refractivity contribution < 1.29 is 4.74 Å². The van der Waals surface area contributed by atoms with Crippen LogP contribution >= 0.6 is 0 Å². The molecule has 0 bridgehead atoms. The van der Waals surface area contributed by atoms with Crippen molar-refractivity contribution in [3.05, 3.63) is 29.8 Å². The van der Waals surface area contributed by atoms with Crippen LogP contribution in [0.15, 0.2) is 24.3 Å². The molecule has 2 heteroatoms. The predicted octanol–water partition coefficient (Wildman–Crippen LogP) is 3.67. The lowest BCUT2D eigenvalue weighted by atomic mass is 9.77. The van der Waals surface area contributed by atoms with Crippen LogP contribution in [0.1, 0.15) is 51.1 Å². The van der Waals surface area contributed by atoms with E-state index >= 15 is 0 Å². The van der Waals surface area contributed by atoms with Crippen molar-refractivity contribution in [2.75, 3.05) is 6.61 Å². The van der Waals surface area contributed by atoms with Gasteiger partial charge in [0.05, 0.1) is 6.61 Å². The topological polar surface area (TPSA) is 35.2 Å². The summed E-state index contributed by atoms with van der Waals surface area (Å²) in [6, 6.07) is 8.29. The molecule has 1 aromatic carbocycles. The zero-order valence-electron chi connectivity index (χ0n) is 10.9. The van der Waals surface area contributed by atoms with Gasteiger partial charge in [-0.3, -0.25) is 0 Å². The van der Waals surface area contributed by atoms with E-state index in [0.717, 1.165) is 5.75 Å². The molecular weight excluding hydrogens is 210 g/mol. The van der Waals surface area contributed by atoms with Crippen molar-refractivity contribution in [1.29, 1.82) is 0 Å². The van der Waals surface area contributed by atoms with Crippen molar-refractivity contribution in [1.82, 2.24) is 0 Å². The van der Waals surface area contributed by atoms with Gasteiger partial charge in [0.1, 0.15) is 5.75 Å². The first-order valence-electron chi connectivity index (χ1n) is 6.65. The van der Waals surface area contributed by atoms with E-state index in [1.165, 1.54) is 31.2 Å². The smallest absolute Gasteiger partial charge is 0.124 e. The third kappa shape index (κ3) is 2.47. The van der Waals surface area contributed by atoms with Gasteiger partial charge in [0.25, 0.3) is 0 Å². The molecule has 2 rings (SSSR count).